The third kappa shape index (κ3) is 3.31. The van der Waals surface area contributed by atoms with E-state index in [4.69, 9.17) is 19.7 Å². The average Bonchev–Trinajstić information content (AvgIpc) is 2.48. The van der Waals surface area contributed by atoms with E-state index < -0.39 is 43.3 Å². The number of hydrogen-bond acceptors (Lipinski definition) is 7. The number of hydrogen-bond donors (Lipinski definition) is 5. The van der Waals surface area contributed by atoms with Crippen LogP contribution >= 0.6 is 0 Å². The number of aliphatic hydroxyl groups excluding tert-OH is 4. The highest BCUT2D eigenvalue weighted by Gasteiger charge is 2.44. The highest BCUT2D eigenvalue weighted by Crippen LogP contribution is 2.24. The molecule has 8 heteroatoms. The van der Waals surface area contributed by atoms with Gasteiger partial charge in [0, 0.05) is 0 Å². The molecule has 5 N–H and O–H groups in total. The van der Waals surface area contributed by atoms with E-state index in [1.54, 1.807) is 0 Å². The lowest BCUT2D eigenvalue weighted by Gasteiger charge is -2.39. The molecule has 1 aliphatic rings. The van der Waals surface area contributed by atoms with Gasteiger partial charge < -0.3 is 35.0 Å². The minimum atomic E-state index is -1.53. The first-order valence-corrected chi connectivity index (χ1v) is 6.24. The molecule has 0 amide bonds. The largest absolute Gasteiger partial charge is 0.478 e. The standard InChI is InChI=1S/C13H16O8/c14-5-8-9(15)10(16)11(17)13(21-8)20-7-3-1-6(2-4-7)12(18)19/h1-4,8-11,13-17H,5H2,(H,18,19)/t8-,9-,10+,11+,13-/m1/s1. The van der Waals surface area contributed by atoms with Gasteiger partial charge in [0.1, 0.15) is 30.2 Å². The predicted molar refractivity (Wildman–Crippen MR) is 67.8 cm³/mol. The van der Waals surface area contributed by atoms with Crippen molar-refractivity contribution < 1.29 is 39.8 Å². The normalized spacial score (nSPS) is 32.7. The Hall–Kier alpha value is -1.71. The van der Waals surface area contributed by atoms with Crippen LogP contribution in [0, 0.1) is 0 Å². The second kappa shape index (κ2) is 6.37. The van der Waals surface area contributed by atoms with Crippen molar-refractivity contribution in [1.29, 1.82) is 0 Å². The third-order valence-corrected chi connectivity index (χ3v) is 3.20. The molecule has 21 heavy (non-hydrogen) atoms. The van der Waals surface area contributed by atoms with Crippen LogP contribution in [0.5, 0.6) is 5.75 Å². The molecular formula is C13H16O8. The molecule has 2 rings (SSSR count). The van der Waals surface area contributed by atoms with Crippen LogP contribution in [0.4, 0.5) is 0 Å². The van der Waals surface area contributed by atoms with Gasteiger partial charge in [-0.2, -0.15) is 0 Å². The highest BCUT2D eigenvalue weighted by molar-refractivity contribution is 5.87. The smallest absolute Gasteiger partial charge is 0.335 e. The predicted octanol–water partition coefficient (Wildman–Crippen LogP) is -1.44. The Labute approximate surface area is 119 Å². The molecule has 1 fully saturated rings. The summed E-state index contributed by atoms with van der Waals surface area (Å²) >= 11 is 0. The van der Waals surface area contributed by atoms with Gasteiger partial charge in [-0.3, -0.25) is 0 Å². The van der Waals surface area contributed by atoms with E-state index in [0.29, 0.717) is 0 Å². The number of ether oxygens (including phenoxy) is 2. The summed E-state index contributed by atoms with van der Waals surface area (Å²) in [5.41, 5.74) is 0.0659. The molecule has 1 aromatic carbocycles. The van der Waals surface area contributed by atoms with Crippen LogP contribution in [0.25, 0.3) is 0 Å². The van der Waals surface area contributed by atoms with Crippen molar-refractivity contribution in [3.8, 4) is 5.75 Å². The van der Waals surface area contributed by atoms with E-state index in [2.05, 4.69) is 0 Å². The van der Waals surface area contributed by atoms with Gasteiger partial charge in [0.15, 0.2) is 0 Å². The van der Waals surface area contributed by atoms with Gasteiger partial charge in [-0.05, 0) is 24.3 Å². The third-order valence-electron chi connectivity index (χ3n) is 3.20. The van der Waals surface area contributed by atoms with E-state index >= 15 is 0 Å². The van der Waals surface area contributed by atoms with E-state index in [1.165, 1.54) is 24.3 Å². The van der Waals surface area contributed by atoms with Crippen LogP contribution in [0.15, 0.2) is 24.3 Å². The number of carbonyl (C=O) groups is 1. The number of aliphatic hydroxyl groups is 4. The van der Waals surface area contributed by atoms with Crippen molar-refractivity contribution in [1.82, 2.24) is 0 Å². The zero-order valence-corrected chi connectivity index (χ0v) is 10.9. The van der Waals surface area contributed by atoms with Crippen LogP contribution in [0.3, 0.4) is 0 Å². The molecule has 5 atom stereocenters. The minimum Gasteiger partial charge on any atom is -0.478 e. The van der Waals surface area contributed by atoms with Crippen molar-refractivity contribution in [2.45, 2.75) is 30.7 Å². The average molecular weight is 300 g/mol. The molecule has 1 heterocycles. The summed E-state index contributed by atoms with van der Waals surface area (Å²) in [6.45, 7) is -0.553. The molecule has 116 valence electrons. The first-order valence-electron chi connectivity index (χ1n) is 6.24. The summed E-state index contributed by atoms with van der Waals surface area (Å²) in [6, 6.07) is 5.35. The van der Waals surface area contributed by atoms with Crippen LogP contribution in [-0.2, 0) is 4.74 Å². The Morgan fingerprint density at radius 2 is 1.71 bits per heavy atom. The van der Waals surface area contributed by atoms with E-state index in [-0.39, 0.29) is 11.3 Å². The molecule has 1 aliphatic heterocycles. The van der Waals surface area contributed by atoms with Gasteiger partial charge >= 0.3 is 5.97 Å². The Morgan fingerprint density at radius 3 is 2.24 bits per heavy atom. The molecule has 0 bridgehead atoms. The molecule has 0 spiro atoms. The SMILES string of the molecule is O=C(O)c1ccc(O[C@@H]2O[C@H](CO)[C@@H](O)[C@H](O)[C@@H]2O)cc1. The van der Waals surface area contributed by atoms with Crippen LogP contribution in [0.2, 0.25) is 0 Å². The maximum absolute atomic E-state index is 10.7. The molecular weight excluding hydrogens is 284 g/mol. The van der Waals surface area contributed by atoms with Gasteiger partial charge in [0.05, 0.1) is 12.2 Å². The summed E-state index contributed by atoms with van der Waals surface area (Å²) < 4.78 is 10.5. The van der Waals surface area contributed by atoms with Gasteiger partial charge in [-0.1, -0.05) is 0 Å². The lowest BCUT2D eigenvalue weighted by atomic mass is 9.99. The van der Waals surface area contributed by atoms with E-state index in [0.717, 1.165) is 0 Å². The maximum Gasteiger partial charge on any atom is 0.335 e. The van der Waals surface area contributed by atoms with E-state index in [1.807, 2.05) is 0 Å². The Morgan fingerprint density at radius 1 is 1.10 bits per heavy atom. The van der Waals surface area contributed by atoms with Crippen molar-refractivity contribution in [3.63, 3.8) is 0 Å². The highest BCUT2D eigenvalue weighted by atomic mass is 16.7. The summed E-state index contributed by atoms with van der Waals surface area (Å²) in [5, 5.41) is 46.9. The van der Waals surface area contributed by atoms with Gasteiger partial charge in [-0.15, -0.1) is 0 Å². The van der Waals surface area contributed by atoms with Crippen molar-refractivity contribution in [2.24, 2.45) is 0 Å². The lowest BCUT2D eigenvalue weighted by molar-refractivity contribution is -0.277. The number of carboxylic acid groups (broad SMARTS) is 1. The van der Waals surface area contributed by atoms with Gasteiger partial charge in [0.25, 0.3) is 0 Å². The fraction of sp³-hybridized carbons (Fsp3) is 0.462. The lowest BCUT2D eigenvalue weighted by Crippen LogP contribution is -2.60. The molecule has 0 radical (unpaired) electrons. The molecule has 1 aromatic rings. The molecule has 0 saturated carbocycles. The quantitative estimate of drug-likeness (QED) is 0.456. The van der Waals surface area contributed by atoms with Crippen LogP contribution in [-0.4, -0.2) is 68.8 Å². The zero-order chi connectivity index (χ0) is 15.6. The number of aromatic carboxylic acids is 1. The Kier molecular flexibility index (Phi) is 4.76. The number of benzene rings is 1. The molecule has 0 aromatic heterocycles. The second-order valence-electron chi connectivity index (χ2n) is 4.64. The fourth-order valence-electron chi connectivity index (χ4n) is 1.97. The summed E-state index contributed by atoms with van der Waals surface area (Å²) in [6.07, 6.45) is -6.86. The minimum absolute atomic E-state index is 0.0659. The van der Waals surface area contributed by atoms with Crippen molar-refractivity contribution in [3.05, 3.63) is 29.8 Å². The van der Waals surface area contributed by atoms with Crippen LogP contribution < -0.4 is 4.74 Å². The number of carboxylic acids is 1. The van der Waals surface area contributed by atoms with Crippen molar-refractivity contribution >= 4 is 5.97 Å². The topological polar surface area (TPSA) is 137 Å². The maximum atomic E-state index is 10.7. The van der Waals surface area contributed by atoms with Crippen molar-refractivity contribution in [2.75, 3.05) is 6.61 Å². The summed E-state index contributed by atoms with van der Waals surface area (Å²) in [5.74, 6) is -0.876. The first-order chi connectivity index (χ1) is 9.93. The monoisotopic (exact) mass is 300 g/mol. The molecule has 0 unspecified atom stereocenters. The zero-order valence-electron chi connectivity index (χ0n) is 10.9. The number of rotatable bonds is 4. The Balaban J connectivity index is 2.08. The molecule has 1 saturated heterocycles. The second-order valence-corrected chi connectivity index (χ2v) is 4.64. The molecule has 8 nitrogen and oxygen atoms in total. The van der Waals surface area contributed by atoms with Crippen LogP contribution in [0.1, 0.15) is 10.4 Å². The summed E-state index contributed by atoms with van der Waals surface area (Å²) in [4.78, 5) is 10.7. The Bertz CT molecular complexity index is 485. The van der Waals surface area contributed by atoms with Gasteiger partial charge in [-0.25, -0.2) is 4.79 Å². The molecule has 0 aliphatic carbocycles. The summed E-state index contributed by atoms with van der Waals surface area (Å²) in [7, 11) is 0. The first kappa shape index (κ1) is 15.7. The fourth-order valence-corrected chi connectivity index (χ4v) is 1.97. The van der Waals surface area contributed by atoms with Gasteiger partial charge in [0.2, 0.25) is 6.29 Å². The van der Waals surface area contributed by atoms with E-state index in [9.17, 15) is 20.1 Å².